The molecule has 2 aromatic rings. The van der Waals surface area contributed by atoms with Gasteiger partial charge in [0.15, 0.2) is 11.3 Å². The number of carbonyl (C=O) groups is 2. The number of amidine groups is 1. The second-order valence-corrected chi connectivity index (χ2v) is 7.98. The van der Waals surface area contributed by atoms with E-state index in [9.17, 15) is 14.7 Å². The average molecular weight is 441 g/mol. The Balaban J connectivity index is 1.82. The molecule has 1 aliphatic heterocycles. The van der Waals surface area contributed by atoms with E-state index in [0.717, 1.165) is 11.1 Å². The maximum absolute atomic E-state index is 12.8. The second-order valence-electron chi connectivity index (χ2n) is 6.97. The zero-order chi connectivity index (χ0) is 22.5. The third kappa shape index (κ3) is 5.27. The Morgan fingerprint density at radius 1 is 1.23 bits per heavy atom. The first-order valence-electron chi connectivity index (χ1n) is 9.91. The van der Waals surface area contributed by atoms with Gasteiger partial charge in [-0.1, -0.05) is 25.1 Å². The summed E-state index contributed by atoms with van der Waals surface area (Å²) in [7, 11) is 0. The molecule has 1 aliphatic rings. The molecule has 2 aromatic carbocycles. The lowest BCUT2D eigenvalue weighted by molar-refractivity contribution is -0.145. The predicted molar refractivity (Wildman–Crippen MR) is 122 cm³/mol. The number of phenolic OH excluding ortho intramolecular Hbond substituents is 1. The van der Waals surface area contributed by atoms with E-state index in [1.54, 1.807) is 54.3 Å². The van der Waals surface area contributed by atoms with Gasteiger partial charge in [0.2, 0.25) is 0 Å². The summed E-state index contributed by atoms with van der Waals surface area (Å²) in [6, 6.07) is 12.1. The van der Waals surface area contributed by atoms with Gasteiger partial charge in [-0.3, -0.25) is 9.69 Å². The summed E-state index contributed by atoms with van der Waals surface area (Å²) in [4.78, 5) is 30.5. The fourth-order valence-electron chi connectivity index (χ4n) is 2.97. The highest BCUT2D eigenvalue weighted by atomic mass is 32.2. The van der Waals surface area contributed by atoms with E-state index in [-0.39, 0.29) is 11.7 Å². The van der Waals surface area contributed by atoms with Crippen molar-refractivity contribution in [3.05, 3.63) is 58.5 Å². The molecule has 0 spiro atoms. The molecule has 1 amide bonds. The lowest BCUT2D eigenvalue weighted by Gasteiger charge is -2.13. The van der Waals surface area contributed by atoms with Gasteiger partial charge in [-0.2, -0.15) is 0 Å². The number of hydrogen-bond donors (Lipinski definition) is 2. The fourth-order valence-corrected chi connectivity index (χ4v) is 4.02. The van der Waals surface area contributed by atoms with Crippen LogP contribution in [0.1, 0.15) is 31.4 Å². The number of thioether (sulfide) groups is 1. The first-order chi connectivity index (χ1) is 14.8. The number of phenols is 1. The molecule has 2 N–H and O–H groups in total. The Labute approximate surface area is 185 Å². The number of aliphatic carboxylic acids is 1. The summed E-state index contributed by atoms with van der Waals surface area (Å²) in [5.41, 5.74) is 2.11. The Kier molecular flexibility index (Phi) is 7.02. The minimum absolute atomic E-state index is 0.0661. The molecule has 1 unspecified atom stereocenters. The maximum Gasteiger partial charge on any atom is 0.344 e. The van der Waals surface area contributed by atoms with Crippen molar-refractivity contribution in [1.82, 2.24) is 4.90 Å². The highest BCUT2D eigenvalue weighted by molar-refractivity contribution is 8.18. The summed E-state index contributed by atoms with van der Waals surface area (Å²) in [6.07, 6.45) is 1.22. The number of carboxylic acid groups (broad SMARTS) is 1. The maximum atomic E-state index is 12.8. The first kappa shape index (κ1) is 22.4. The Hall–Kier alpha value is -3.26. The lowest BCUT2D eigenvalue weighted by atomic mass is 10.2. The molecule has 8 heteroatoms. The standard InChI is InChI=1S/C23H24N2O5S/c1-4-19(22(28)29)30-16-9-7-15(8-10-16)13-20-21(27)25(5-2)23(31-20)24-17-11-6-14(3)12-18(17)26/h6-13,19,26H,4-5H2,1-3H3,(H,28,29)/b20-13-,24-23?. The molecule has 0 aromatic heterocycles. The Morgan fingerprint density at radius 3 is 2.52 bits per heavy atom. The number of hydrogen-bond acceptors (Lipinski definition) is 6. The van der Waals surface area contributed by atoms with Crippen LogP contribution >= 0.6 is 11.8 Å². The molecule has 31 heavy (non-hydrogen) atoms. The number of benzene rings is 2. The highest BCUT2D eigenvalue weighted by Gasteiger charge is 2.32. The van der Waals surface area contributed by atoms with E-state index in [4.69, 9.17) is 9.84 Å². The van der Waals surface area contributed by atoms with Crippen LogP contribution in [0, 0.1) is 6.92 Å². The van der Waals surface area contributed by atoms with Crippen LogP contribution < -0.4 is 4.74 Å². The monoisotopic (exact) mass is 440 g/mol. The normalized spacial score (nSPS) is 17.4. The van der Waals surface area contributed by atoms with Gasteiger partial charge < -0.3 is 14.9 Å². The van der Waals surface area contributed by atoms with Crippen LogP contribution in [-0.2, 0) is 9.59 Å². The van der Waals surface area contributed by atoms with Gasteiger partial charge in [-0.15, -0.1) is 0 Å². The van der Waals surface area contributed by atoms with E-state index < -0.39 is 12.1 Å². The van der Waals surface area contributed by atoms with Crippen molar-refractivity contribution < 1.29 is 24.5 Å². The summed E-state index contributed by atoms with van der Waals surface area (Å²) < 4.78 is 5.47. The van der Waals surface area contributed by atoms with E-state index in [0.29, 0.717) is 34.5 Å². The van der Waals surface area contributed by atoms with E-state index in [2.05, 4.69) is 4.99 Å². The molecule has 0 radical (unpaired) electrons. The zero-order valence-electron chi connectivity index (χ0n) is 17.5. The molecule has 1 fully saturated rings. The number of aliphatic imine (C=N–C) groups is 1. The number of rotatable bonds is 7. The summed E-state index contributed by atoms with van der Waals surface area (Å²) in [6.45, 7) is 5.94. The van der Waals surface area contributed by atoms with Crippen molar-refractivity contribution in [2.24, 2.45) is 4.99 Å². The molecule has 162 valence electrons. The van der Waals surface area contributed by atoms with Crippen molar-refractivity contribution in [2.45, 2.75) is 33.3 Å². The number of nitrogens with zero attached hydrogens (tertiary/aromatic N) is 2. The number of likely N-dealkylation sites (N-methyl/N-ethyl adjacent to an activating group) is 1. The van der Waals surface area contributed by atoms with Gasteiger partial charge >= 0.3 is 5.97 Å². The number of amides is 1. The van der Waals surface area contributed by atoms with Crippen molar-refractivity contribution in [1.29, 1.82) is 0 Å². The summed E-state index contributed by atoms with van der Waals surface area (Å²) in [5.74, 6) is -0.645. The number of carboxylic acids is 1. The summed E-state index contributed by atoms with van der Waals surface area (Å²) >= 11 is 1.24. The Bertz CT molecular complexity index is 1050. The fraction of sp³-hybridized carbons (Fsp3) is 0.261. The molecular formula is C23H24N2O5S. The molecule has 1 atom stereocenters. The van der Waals surface area contributed by atoms with E-state index in [1.165, 1.54) is 11.8 Å². The molecule has 1 heterocycles. The predicted octanol–water partition coefficient (Wildman–Crippen LogP) is 4.57. The topological polar surface area (TPSA) is 99.4 Å². The number of aryl methyl sites for hydroxylation is 1. The van der Waals surface area contributed by atoms with Crippen molar-refractivity contribution in [3.8, 4) is 11.5 Å². The van der Waals surface area contributed by atoms with E-state index in [1.807, 2.05) is 19.9 Å². The molecule has 1 saturated heterocycles. The SMILES string of the molecule is CCC(Oc1ccc(/C=C2\SC(=Nc3ccc(C)cc3O)N(CC)C2=O)cc1)C(=O)O. The van der Waals surface area contributed by atoms with E-state index >= 15 is 0 Å². The molecule has 0 aliphatic carbocycles. The smallest absolute Gasteiger partial charge is 0.344 e. The Morgan fingerprint density at radius 2 is 1.94 bits per heavy atom. The van der Waals surface area contributed by atoms with Gasteiger partial charge in [0.05, 0.1) is 4.91 Å². The molecule has 0 bridgehead atoms. The van der Waals surface area contributed by atoms with Gasteiger partial charge in [-0.25, -0.2) is 9.79 Å². The third-order valence-corrected chi connectivity index (χ3v) is 5.66. The zero-order valence-corrected chi connectivity index (χ0v) is 18.3. The van der Waals surface area contributed by atoms with Crippen LogP contribution in [0.4, 0.5) is 5.69 Å². The largest absolute Gasteiger partial charge is 0.506 e. The molecule has 7 nitrogen and oxygen atoms in total. The molecular weight excluding hydrogens is 416 g/mol. The molecule has 3 rings (SSSR count). The van der Waals surface area contributed by atoms with Crippen LogP contribution in [0.2, 0.25) is 0 Å². The first-order valence-corrected chi connectivity index (χ1v) is 10.7. The highest BCUT2D eigenvalue weighted by Crippen LogP contribution is 2.36. The van der Waals surface area contributed by atoms with Gasteiger partial charge in [0, 0.05) is 6.54 Å². The van der Waals surface area contributed by atoms with Crippen LogP contribution in [-0.4, -0.2) is 44.8 Å². The van der Waals surface area contributed by atoms with Crippen LogP contribution in [0.25, 0.3) is 6.08 Å². The second kappa shape index (κ2) is 9.70. The van der Waals surface area contributed by atoms with Crippen LogP contribution in [0.3, 0.4) is 0 Å². The van der Waals surface area contributed by atoms with Gasteiger partial charge in [0.1, 0.15) is 17.2 Å². The lowest BCUT2D eigenvalue weighted by Crippen LogP contribution is -2.28. The number of carbonyl (C=O) groups excluding carboxylic acids is 1. The van der Waals surface area contributed by atoms with Crippen molar-refractivity contribution >= 4 is 40.6 Å². The quantitative estimate of drug-likeness (QED) is 0.612. The minimum Gasteiger partial charge on any atom is -0.506 e. The third-order valence-electron chi connectivity index (χ3n) is 4.65. The van der Waals surface area contributed by atoms with Crippen LogP contribution in [0.5, 0.6) is 11.5 Å². The van der Waals surface area contributed by atoms with Crippen molar-refractivity contribution in [3.63, 3.8) is 0 Å². The van der Waals surface area contributed by atoms with Gasteiger partial charge in [-0.05, 0) is 73.5 Å². The minimum atomic E-state index is -1.01. The molecule has 0 saturated carbocycles. The number of aromatic hydroxyl groups is 1. The van der Waals surface area contributed by atoms with Crippen LogP contribution in [0.15, 0.2) is 52.4 Å². The van der Waals surface area contributed by atoms with Crippen molar-refractivity contribution in [2.75, 3.05) is 6.54 Å². The number of ether oxygens (including phenoxy) is 1. The summed E-state index contributed by atoms with van der Waals surface area (Å²) in [5, 5.41) is 19.8. The average Bonchev–Trinajstić information content (AvgIpc) is 3.03. The van der Waals surface area contributed by atoms with Gasteiger partial charge in [0.25, 0.3) is 5.91 Å².